The van der Waals surface area contributed by atoms with Gasteiger partial charge in [0.1, 0.15) is 0 Å². The first-order valence-electron chi connectivity index (χ1n) is 31.2. The molecular weight excluding hydrogens is 1390 g/mol. The minimum Gasteiger partial charge on any atom is -0.380 e. The zero-order chi connectivity index (χ0) is 67.1. The fraction of sp³-hybridized carbons (Fsp3) is 0.0235. The van der Waals surface area contributed by atoms with Gasteiger partial charge in [0.15, 0.2) is 6.29 Å². The van der Waals surface area contributed by atoms with Gasteiger partial charge in [-0.25, -0.2) is 0 Å². The van der Waals surface area contributed by atoms with Gasteiger partial charge in [-0.1, -0.05) is 320 Å². The predicted octanol–water partition coefficient (Wildman–Crippen LogP) is 18.1. The number of nitrogen functional groups attached to an aromatic ring is 1. The van der Waals surface area contributed by atoms with Crippen molar-refractivity contribution < 1.29 is 110 Å². The van der Waals surface area contributed by atoms with Crippen molar-refractivity contribution in [3.05, 3.63) is 371 Å². The third-order valence-electron chi connectivity index (χ3n) is 16.3. The molecule has 6 N–H and O–H groups in total. The van der Waals surface area contributed by atoms with Crippen LogP contribution in [0.15, 0.2) is 333 Å². The SMILES string of the molecule is Clc1ccccc1C=Nc1cccc2ccccc12.Clc1ccccc1CNc1cccc2ccccc12.Nc1cccc2ccccc12.O=Cc1ccccc1Cl.[B].[H-].[K+].[NH2-].[Na+].[O]=[Mn]=[O].c1ccc2c(c1)CNc1c-2ccc2ccccc12.c1ccc2c(c1)cnc1c3ccccc3ccc21. The summed E-state index contributed by atoms with van der Waals surface area (Å²) in [7, 11) is 0. The predicted molar refractivity (Wildman–Crippen MR) is 418 cm³/mol. The Morgan fingerprint density at radius 3 is 1.53 bits per heavy atom. The molecule has 1 aliphatic rings. The van der Waals surface area contributed by atoms with E-state index in [1.54, 1.807) is 24.3 Å². The van der Waals surface area contributed by atoms with Crippen molar-refractivity contribution in [2.24, 2.45) is 4.99 Å². The molecule has 0 saturated heterocycles. The van der Waals surface area contributed by atoms with E-state index in [1.165, 1.54) is 81.6 Å². The Bertz CT molecular complexity index is 5420. The first-order valence-corrected chi connectivity index (χ1v) is 33.3. The molecule has 0 amide bonds. The molecule has 0 aliphatic carbocycles. The summed E-state index contributed by atoms with van der Waals surface area (Å²) in [4.78, 5) is 19.3. The molecule has 2 heterocycles. The molecule has 0 fully saturated rings. The number of carbonyl (C=O) groups excluding carboxylic acids is 1. The van der Waals surface area contributed by atoms with Gasteiger partial charge in [-0.15, -0.1) is 0 Å². The zero-order valence-electron chi connectivity index (χ0n) is 56.6. The third kappa shape index (κ3) is 20.9. The number of nitrogens with one attached hydrogen (secondary N) is 2. The summed E-state index contributed by atoms with van der Waals surface area (Å²) in [5.74, 6) is 0. The first kappa shape index (κ1) is 80.0. The van der Waals surface area contributed by atoms with Gasteiger partial charge in [-0.2, -0.15) is 0 Å². The van der Waals surface area contributed by atoms with Crippen LogP contribution in [0.3, 0.4) is 0 Å². The van der Waals surface area contributed by atoms with Gasteiger partial charge >= 0.3 is 103 Å². The Labute approximate surface area is 677 Å². The molecule has 1 aromatic heterocycles. The number of aldehydes is 1. The van der Waals surface area contributed by atoms with E-state index >= 15 is 0 Å². The summed E-state index contributed by atoms with van der Waals surface area (Å²) >= 11 is 16.4. The summed E-state index contributed by atoms with van der Waals surface area (Å²) in [5.41, 5.74) is 17.7. The van der Waals surface area contributed by atoms with Gasteiger partial charge in [0.25, 0.3) is 0 Å². The molecule has 488 valence electrons. The van der Waals surface area contributed by atoms with Crippen molar-refractivity contribution in [1.29, 1.82) is 0 Å². The topological polar surface area (TPSA) is 160 Å². The molecule has 0 bridgehead atoms. The third-order valence-corrected chi connectivity index (χ3v) is 17.3. The van der Waals surface area contributed by atoms with Crippen molar-refractivity contribution in [2.45, 2.75) is 13.1 Å². The van der Waals surface area contributed by atoms with E-state index < -0.39 is 14.8 Å². The fourth-order valence-corrected chi connectivity index (χ4v) is 12.0. The number of anilines is 3. The number of halogens is 3. The van der Waals surface area contributed by atoms with Gasteiger partial charge in [0, 0.05) is 110 Å². The molecule has 0 atom stereocenters. The molecule has 17 rings (SSSR count). The summed E-state index contributed by atoms with van der Waals surface area (Å²) < 4.78 is 16.8. The monoisotopic (exact) mass is 1450 g/mol. The van der Waals surface area contributed by atoms with Crippen molar-refractivity contribution in [2.75, 3.05) is 16.4 Å². The summed E-state index contributed by atoms with van der Waals surface area (Å²) in [6.45, 7) is 1.64. The Balaban J connectivity index is 0.000000192. The van der Waals surface area contributed by atoms with Gasteiger partial charge in [-0.05, 0) is 85.4 Å². The van der Waals surface area contributed by atoms with Crippen molar-refractivity contribution in [3.8, 4) is 11.1 Å². The van der Waals surface area contributed by atoms with E-state index in [2.05, 4.69) is 215 Å². The van der Waals surface area contributed by atoms with Crippen LogP contribution in [0, 0.1) is 0 Å². The maximum absolute atomic E-state index is 10.1. The van der Waals surface area contributed by atoms with Crippen molar-refractivity contribution in [1.82, 2.24) is 4.98 Å². The molecule has 0 saturated carbocycles. The molecule has 16 aromatic rings. The molecule has 0 unspecified atom stereocenters. The Hall–Kier alpha value is -8.34. The van der Waals surface area contributed by atoms with E-state index in [0.717, 1.165) is 68.9 Å². The number of aromatic nitrogens is 1. The zero-order valence-corrected chi connectivity index (χ0v) is 64.2. The number of carbonyl (C=O) groups is 1. The summed E-state index contributed by atoms with van der Waals surface area (Å²) in [6, 6.07) is 108. The van der Waals surface area contributed by atoms with Crippen LogP contribution < -0.4 is 97.3 Å². The standard InChI is InChI=1S/C17H14ClN.C17H12ClN.C17H13N.C17H11N.C10H9N.C7H5ClO.B.K.Mn.H2N.Na.2O.H/c2*18-16-10-4-2-7-14(16)12-19-17-11-5-8-13-6-1-3-9-15(13)17;2*1-4-8-15-12(5-1)9-10-16-14-7-3-2-6-13(14)11-18-17(15)16;11-10-7-3-5-8-4-1-2-6-9(8)10;8-7-4-2-1-3-6(7)5-9;;;;;;;;/h1-11,19H,12H2;1-12H;1-10,18H,11H2;1-11H;1-7H,11H2;1-5H;;;;1H2;;;;/q;;;;;;;+1;;-1;+1;;;-1. The maximum atomic E-state index is 10.1. The summed E-state index contributed by atoms with van der Waals surface area (Å²) in [6.07, 6.45) is 4.51. The number of hydrogen-bond acceptors (Lipinski definition) is 8. The Morgan fingerprint density at radius 1 is 0.455 bits per heavy atom. The second-order valence-corrected chi connectivity index (χ2v) is 23.7. The van der Waals surface area contributed by atoms with Crippen LogP contribution in [0.25, 0.3) is 92.8 Å². The normalized spacial score (nSPS) is 10.4. The Morgan fingerprint density at radius 2 is 0.911 bits per heavy atom. The number of pyridine rings is 1. The van der Waals surface area contributed by atoms with E-state index in [0.29, 0.717) is 15.6 Å². The number of aliphatic imine (C=N–C) groups is 1. The quantitative estimate of drug-likeness (QED) is 0.0491. The summed E-state index contributed by atoms with van der Waals surface area (Å²) in [5, 5.41) is 25.0. The molecule has 9 nitrogen and oxygen atoms in total. The van der Waals surface area contributed by atoms with Gasteiger partial charge in [0.05, 0.1) is 21.9 Å². The van der Waals surface area contributed by atoms with E-state index in [1.807, 2.05) is 116 Å². The average Bonchev–Trinajstić information content (AvgIpc) is 0.776. The van der Waals surface area contributed by atoms with Gasteiger partial charge in [-0.3, -0.25) is 14.8 Å². The fourth-order valence-electron chi connectivity index (χ4n) is 11.5. The molecule has 1 aliphatic heterocycles. The minimum absolute atomic E-state index is 0. The second kappa shape index (κ2) is 40.9. The van der Waals surface area contributed by atoms with Gasteiger partial charge < -0.3 is 23.9 Å². The number of rotatable bonds is 6. The van der Waals surface area contributed by atoms with Gasteiger partial charge in [0.2, 0.25) is 0 Å². The van der Waals surface area contributed by atoms with Crippen LogP contribution >= 0.6 is 34.8 Å². The Kier molecular flexibility index (Phi) is 32.4. The van der Waals surface area contributed by atoms with Crippen LogP contribution in [0.1, 0.15) is 28.5 Å². The van der Waals surface area contributed by atoms with E-state index in [-0.39, 0.29) is 96.9 Å². The van der Waals surface area contributed by atoms with Crippen molar-refractivity contribution >= 4 is 154 Å². The number of fused-ring (bicyclic) bond motifs is 13. The van der Waals surface area contributed by atoms with Crippen LogP contribution in [0.2, 0.25) is 15.1 Å². The number of nitrogens with two attached hydrogens (primary N) is 2. The number of hydrogen-bond donors (Lipinski definition) is 3. The minimum atomic E-state index is -1.44. The maximum Gasteiger partial charge on any atom is 0.0786 e. The second-order valence-electron chi connectivity index (χ2n) is 22.3. The molecule has 101 heavy (non-hydrogen) atoms. The first-order chi connectivity index (χ1) is 47.7. The number of benzene rings is 15. The van der Waals surface area contributed by atoms with E-state index in [9.17, 15) is 4.79 Å². The number of nitrogens with zero attached hydrogens (tertiary/aromatic N) is 2. The molecule has 0 spiro atoms. The van der Waals surface area contributed by atoms with Crippen LogP contribution in [0.5, 0.6) is 0 Å². The average molecular weight is 1450 g/mol. The molecule has 16 heteroatoms. The van der Waals surface area contributed by atoms with Crippen molar-refractivity contribution in [3.63, 3.8) is 0 Å². The van der Waals surface area contributed by atoms with Crippen LogP contribution in [-0.2, 0) is 35.6 Å². The molecular formula is C85H67BCl3KMnN6NaO3. The van der Waals surface area contributed by atoms with E-state index in [4.69, 9.17) is 48.2 Å². The smallest absolute Gasteiger partial charge is 0.0786 e. The van der Waals surface area contributed by atoms with Crippen LogP contribution in [0.4, 0.5) is 22.7 Å². The molecule has 3 radical (unpaired) electrons. The largest absolute Gasteiger partial charge is 0.380 e. The van der Waals surface area contributed by atoms with Crippen LogP contribution in [-0.4, -0.2) is 25.9 Å². The molecule has 15 aromatic carbocycles.